The smallest absolute Gasteiger partial charge is 0.195 e. The van der Waals surface area contributed by atoms with Crippen LogP contribution in [0.1, 0.15) is 53.4 Å². The summed E-state index contributed by atoms with van der Waals surface area (Å²) in [5, 5.41) is 3.12. The van der Waals surface area contributed by atoms with Crippen molar-refractivity contribution in [1.82, 2.24) is 4.57 Å². The number of rotatable bonds is 8. The van der Waals surface area contributed by atoms with Gasteiger partial charge in [-0.05, 0) is 61.3 Å². The Bertz CT molecular complexity index is 1100. The fourth-order valence-electron chi connectivity index (χ4n) is 4.22. The second-order valence-electron chi connectivity index (χ2n) is 8.32. The third kappa shape index (κ3) is 5.08. The number of hydrogen-bond acceptors (Lipinski definition) is 3. The Kier molecular flexibility index (Phi) is 7.21. The number of Topliss-reactive ketones (excluding diaryl/α,β-unsaturated/α-hetero) is 1. The van der Waals surface area contributed by atoms with Crippen LogP contribution in [0.25, 0.3) is 17.0 Å². The number of ketones is 1. The van der Waals surface area contributed by atoms with Crippen molar-refractivity contribution in [2.24, 2.45) is 5.92 Å². The number of benzene rings is 1. The van der Waals surface area contributed by atoms with Crippen molar-refractivity contribution in [2.45, 2.75) is 46.1 Å². The number of allylic oxidation sites excluding steroid dienone is 3. The Morgan fingerprint density at radius 2 is 2.03 bits per heavy atom. The van der Waals surface area contributed by atoms with Crippen LogP contribution in [0.4, 0.5) is 0 Å². The number of aromatic nitrogens is 1. The number of hydrogen-bond donors (Lipinski definition) is 0. The minimum absolute atomic E-state index is 0.0971. The predicted molar refractivity (Wildman–Crippen MR) is 131 cm³/mol. The summed E-state index contributed by atoms with van der Waals surface area (Å²) in [6.45, 7) is 6.87. The van der Waals surface area contributed by atoms with Gasteiger partial charge in [0.15, 0.2) is 5.78 Å². The summed E-state index contributed by atoms with van der Waals surface area (Å²) in [6.07, 6.45) is 12.4. The zero-order valence-corrected chi connectivity index (χ0v) is 19.3. The van der Waals surface area contributed by atoms with Crippen LogP contribution in [-0.2, 0) is 11.3 Å². The summed E-state index contributed by atoms with van der Waals surface area (Å²) in [5.41, 5.74) is 3.81. The second-order valence-corrected chi connectivity index (χ2v) is 9.44. The molecule has 2 aromatic heterocycles. The number of fused-ring (bicyclic) bond motifs is 1. The van der Waals surface area contributed by atoms with E-state index in [0.29, 0.717) is 5.92 Å². The van der Waals surface area contributed by atoms with E-state index >= 15 is 0 Å². The van der Waals surface area contributed by atoms with Gasteiger partial charge in [-0.3, -0.25) is 4.79 Å². The first-order valence-electron chi connectivity index (χ1n) is 11.3. The van der Waals surface area contributed by atoms with E-state index in [9.17, 15) is 4.79 Å². The van der Waals surface area contributed by atoms with E-state index in [2.05, 4.69) is 60.3 Å². The topological polar surface area (TPSA) is 31.2 Å². The van der Waals surface area contributed by atoms with Crippen molar-refractivity contribution in [3.8, 4) is 0 Å². The highest BCUT2D eigenvalue weighted by atomic mass is 32.1. The molecule has 162 valence electrons. The number of aryl methyl sites for hydroxylation is 1. The lowest BCUT2D eigenvalue weighted by Crippen LogP contribution is -2.20. The normalized spacial score (nSPS) is 15.9. The maximum absolute atomic E-state index is 13.7. The summed E-state index contributed by atoms with van der Waals surface area (Å²) in [4.78, 5) is 15.0. The number of carbonyl (C=O) groups excluding carboxylic acids is 1. The Morgan fingerprint density at radius 1 is 1.23 bits per heavy atom. The maximum Gasteiger partial charge on any atom is 0.195 e. The molecule has 0 N–H and O–H groups in total. The Hall–Kier alpha value is -2.43. The van der Waals surface area contributed by atoms with Gasteiger partial charge in [0.25, 0.3) is 0 Å². The molecule has 31 heavy (non-hydrogen) atoms. The summed E-state index contributed by atoms with van der Waals surface area (Å²) in [5.74, 6) is 0.695. The third-order valence-electron chi connectivity index (χ3n) is 6.05. The van der Waals surface area contributed by atoms with Crippen LogP contribution in [0.3, 0.4) is 0 Å². The summed E-state index contributed by atoms with van der Waals surface area (Å²) in [6, 6.07) is 10.4. The third-order valence-corrected chi connectivity index (χ3v) is 6.92. The molecule has 1 saturated heterocycles. The average molecular weight is 434 g/mol. The molecular formula is C27H31NO2S. The number of para-hydroxylation sites is 1. The molecule has 0 atom stereocenters. The number of ether oxygens (including phenoxy) is 1. The molecule has 0 aliphatic carbocycles. The molecule has 1 aromatic carbocycles. The van der Waals surface area contributed by atoms with Gasteiger partial charge in [-0.25, -0.2) is 0 Å². The molecule has 0 spiro atoms. The van der Waals surface area contributed by atoms with E-state index in [0.717, 1.165) is 73.0 Å². The van der Waals surface area contributed by atoms with E-state index in [-0.39, 0.29) is 5.78 Å². The van der Waals surface area contributed by atoms with Gasteiger partial charge in [0, 0.05) is 52.9 Å². The summed E-state index contributed by atoms with van der Waals surface area (Å²) >= 11 is 1.71. The SMILES string of the molecule is CCC/C=C\C(=C/c1ccsc1C)C(=O)c1cn(CC2CCOCC2)c2ccccc12. The fraction of sp³-hybridized carbons (Fsp3) is 0.370. The molecule has 0 bridgehead atoms. The molecular weight excluding hydrogens is 402 g/mol. The molecule has 3 heterocycles. The van der Waals surface area contributed by atoms with Crippen molar-refractivity contribution in [1.29, 1.82) is 0 Å². The van der Waals surface area contributed by atoms with Crippen molar-refractivity contribution in [3.63, 3.8) is 0 Å². The Labute approximate surface area is 189 Å². The van der Waals surface area contributed by atoms with Crippen LogP contribution >= 0.6 is 11.3 Å². The lowest BCUT2D eigenvalue weighted by atomic mass is 10.00. The summed E-state index contributed by atoms with van der Waals surface area (Å²) in [7, 11) is 0. The zero-order chi connectivity index (χ0) is 21.6. The van der Waals surface area contributed by atoms with Gasteiger partial charge >= 0.3 is 0 Å². The van der Waals surface area contributed by atoms with Crippen molar-refractivity contribution in [3.05, 3.63) is 75.6 Å². The second kappa shape index (κ2) is 10.3. The van der Waals surface area contributed by atoms with E-state index in [4.69, 9.17) is 4.74 Å². The first kappa shape index (κ1) is 21.8. The van der Waals surface area contributed by atoms with Gasteiger partial charge in [0.2, 0.25) is 0 Å². The fourth-order valence-corrected chi connectivity index (χ4v) is 4.90. The molecule has 1 aliphatic rings. The predicted octanol–water partition coefficient (Wildman–Crippen LogP) is 7.06. The molecule has 0 saturated carbocycles. The van der Waals surface area contributed by atoms with E-state index in [1.165, 1.54) is 4.88 Å². The molecule has 1 fully saturated rings. The van der Waals surface area contributed by atoms with E-state index < -0.39 is 0 Å². The number of nitrogens with zero attached hydrogens (tertiary/aromatic N) is 1. The zero-order valence-electron chi connectivity index (χ0n) is 18.5. The lowest BCUT2D eigenvalue weighted by molar-refractivity contribution is 0.0616. The molecule has 3 nitrogen and oxygen atoms in total. The van der Waals surface area contributed by atoms with Gasteiger partial charge in [0.05, 0.1) is 0 Å². The number of unbranched alkanes of at least 4 members (excludes halogenated alkanes) is 1. The molecule has 1 aliphatic heterocycles. The first-order chi connectivity index (χ1) is 15.2. The summed E-state index contributed by atoms with van der Waals surface area (Å²) < 4.78 is 7.81. The Balaban J connectivity index is 1.72. The van der Waals surface area contributed by atoms with Crippen LogP contribution in [-0.4, -0.2) is 23.6 Å². The first-order valence-corrected chi connectivity index (χ1v) is 12.2. The van der Waals surface area contributed by atoms with Gasteiger partial charge in [0.1, 0.15) is 0 Å². The van der Waals surface area contributed by atoms with Crippen LogP contribution in [0.15, 0.2) is 59.6 Å². The van der Waals surface area contributed by atoms with Crippen LogP contribution < -0.4 is 0 Å². The maximum atomic E-state index is 13.7. The van der Waals surface area contributed by atoms with E-state index in [1.54, 1.807) is 11.3 Å². The largest absolute Gasteiger partial charge is 0.381 e. The van der Waals surface area contributed by atoms with Gasteiger partial charge in [-0.1, -0.05) is 43.7 Å². The van der Waals surface area contributed by atoms with Crippen molar-refractivity contribution >= 4 is 34.1 Å². The number of thiophene rings is 1. The minimum atomic E-state index is 0.0971. The molecule has 0 radical (unpaired) electrons. The minimum Gasteiger partial charge on any atom is -0.381 e. The average Bonchev–Trinajstić information content (AvgIpc) is 3.37. The molecule has 3 aromatic rings. The highest BCUT2D eigenvalue weighted by Crippen LogP contribution is 2.28. The van der Waals surface area contributed by atoms with Crippen LogP contribution in [0, 0.1) is 12.8 Å². The van der Waals surface area contributed by atoms with Crippen LogP contribution in [0.5, 0.6) is 0 Å². The van der Waals surface area contributed by atoms with Gasteiger partial charge < -0.3 is 9.30 Å². The molecule has 0 unspecified atom stereocenters. The monoisotopic (exact) mass is 433 g/mol. The van der Waals surface area contributed by atoms with Gasteiger partial charge in [-0.2, -0.15) is 0 Å². The molecule has 4 rings (SSSR count). The Morgan fingerprint density at radius 3 is 2.77 bits per heavy atom. The van der Waals surface area contributed by atoms with E-state index in [1.807, 2.05) is 18.2 Å². The molecule has 4 heteroatoms. The standard InChI is InChI=1S/C27H31NO2S/c1-3-4-5-8-23(17-22-13-16-31-20(22)2)27(29)25-19-28(18-21-11-14-30-15-12-21)26-10-7-6-9-24(25)26/h5-10,13,16-17,19,21H,3-4,11-12,14-15,18H2,1-2H3/b8-5-,23-17+. The van der Waals surface area contributed by atoms with Gasteiger partial charge in [-0.15, -0.1) is 11.3 Å². The highest BCUT2D eigenvalue weighted by Gasteiger charge is 2.20. The van der Waals surface area contributed by atoms with Crippen LogP contribution in [0.2, 0.25) is 0 Å². The highest BCUT2D eigenvalue weighted by molar-refractivity contribution is 7.10. The van der Waals surface area contributed by atoms with Crippen molar-refractivity contribution < 1.29 is 9.53 Å². The lowest BCUT2D eigenvalue weighted by Gasteiger charge is -2.22. The quantitative estimate of drug-likeness (QED) is 0.216. The molecule has 0 amide bonds. The number of carbonyl (C=O) groups is 1. The van der Waals surface area contributed by atoms with Crippen molar-refractivity contribution in [2.75, 3.05) is 13.2 Å².